The number of nitrogens with one attached hydrogen (secondary N) is 2. The first kappa shape index (κ1) is 22.0. The van der Waals surface area contributed by atoms with Crippen LogP contribution in [-0.2, 0) is 23.6 Å². The number of aryl methyl sites for hydroxylation is 1. The van der Waals surface area contributed by atoms with E-state index in [0.717, 1.165) is 30.7 Å². The van der Waals surface area contributed by atoms with E-state index >= 15 is 0 Å². The fourth-order valence-corrected chi connectivity index (χ4v) is 4.17. The molecule has 0 aliphatic carbocycles. The van der Waals surface area contributed by atoms with Gasteiger partial charge in [-0.25, -0.2) is 18.1 Å². The van der Waals surface area contributed by atoms with Crippen molar-refractivity contribution in [2.75, 3.05) is 32.0 Å². The van der Waals surface area contributed by atoms with Gasteiger partial charge in [-0.3, -0.25) is 10.1 Å². The first-order valence-corrected chi connectivity index (χ1v) is 11.4. The summed E-state index contributed by atoms with van der Waals surface area (Å²) >= 11 is 0. The van der Waals surface area contributed by atoms with Crippen LogP contribution in [0, 0.1) is 0 Å². The Balaban J connectivity index is 1.92. The summed E-state index contributed by atoms with van der Waals surface area (Å²) in [7, 11) is -0.671. The normalized spacial score (nSPS) is 12.0. The molecule has 0 saturated carbocycles. The quantitative estimate of drug-likeness (QED) is 0.538. The van der Waals surface area contributed by atoms with Gasteiger partial charge in [0.1, 0.15) is 10.6 Å². The minimum absolute atomic E-state index is 0.0349. The molecule has 3 aromatic rings. The van der Waals surface area contributed by atoms with Crippen molar-refractivity contribution < 1.29 is 13.2 Å². The molecule has 162 valence electrons. The molecule has 0 aliphatic rings. The summed E-state index contributed by atoms with van der Waals surface area (Å²) in [5, 5.41) is 2.86. The molecule has 0 saturated heterocycles. The van der Waals surface area contributed by atoms with Gasteiger partial charge in [-0.15, -0.1) is 0 Å². The molecule has 0 aliphatic heterocycles. The number of benzene rings is 1. The van der Waals surface area contributed by atoms with Crippen molar-refractivity contribution in [1.29, 1.82) is 0 Å². The average Bonchev–Trinajstić information content (AvgIpc) is 3.29. The van der Waals surface area contributed by atoms with Crippen LogP contribution in [-0.4, -0.2) is 60.0 Å². The number of para-hydroxylation sites is 2. The van der Waals surface area contributed by atoms with E-state index in [9.17, 15) is 13.2 Å². The zero-order chi connectivity index (χ0) is 21.9. The van der Waals surface area contributed by atoms with Gasteiger partial charge in [-0.2, -0.15) is 0 Å². The van der Waals surface area contributed by atoms with Gasteiger partial charge in [0.25, 0.3) is 5.91 Å². The highest BCUT2D eigenvalue weighted by Gasteiger charge is 2.21. The Morgan fingerprint density at radius 1 is 1.20 bits per heavy atom. The van der Waals surface area contributed by atoms with E-state index in [0.29, 0.717) is 12.5 Å². The van der Waals surface area contributed by atoms with E-state index in [2.05, 4.69) is 33.8 Å². The van der Waals surface area contributed by atoms with Crippen LogP contribution in [0.3, 0.4) is 0 Å². The van der Waals surface area contributed by atoms with Crippen LogP contribution in [0.1, 0.15) is 24.3 Å². The number of anilines is 1. The highest BCUT2D eigenvalue weighted by atomic mass is 32.2. The van der Waals surface area contributed by atoms with E-state index in [1.807, 2.05) is 28.8 Å². The second kappa shape index (κ2) is 8.99. The highest BCUT2D eigenvalue weighted by molar-refractivity contribution is 7.89. The number of sulfonamides is 1. The van der Waals surface area contributed by atoms with E-state index < -0.39 is 15.9 Å². The number of rotatable bonds is 9. The van der Waals surface area contributed by atoms with Crippen molar-refractivity contribution in [1.82, 2.24) is 23.7 Å². The first-order valence-electron chi connectivity index (χ1n) is 9.89. The summed E-state index contributed by atoms with van der Waals surface area (Å²) < 4.78 is 29.8. The molecule has 0 spiro atoms. The molecule has 1 aromatic carbocycles. The number of hydrogen-bond acceptors (Lipinski definition) is 5. The monoisotopic (exact) mass is 432 g/mol. The second-order valence-electron chi connectivity index (χ2n) is 6.94. The lowest BCUT2D eigenvalue weighted by atomic mass is 10.3. The number of fused-ring (bicyclic) bond motifs is 1. The van der Waals surface area contributed by atoms with Crippen LogP contribution in [0.15, 0.2) is 41.4 Å². The lowest BCUT2D eigenvalue weighted by Gasteiger charge is -2.19. The maximum absolute atomic E-state index is 12.9. The molecule has 10 heteroatoms. The molecular weight excluding hydrogens is 404 g/mol. The summed E-state index contributed by atoms with van der Waals surface area (Å²) in [5.41, 5.74) is 1.95. The molecule has 0 bridgehead atoms. The fourth-order valence-electron chi connectivity index (χ4n) is 3.37. The molecule has 2 heterocycles. The zero-order valence-electron chi connectivity index (χ0n) is 17.7. The maximum atomic E-state index is 12.9. The van der Waals surface area contributed by atoms with Gasteiger partial charge >= 0.3 is 0 Å². The molecule has 0 unspecified atom stereocenters. The Bertz CT molecular complexity index is 1140. The van der Waals surface area contributed by atoms with E-state index in [-0.39, 0.29) is 10.6 Å². The molecule has 9 nitrogen and oxygen atoms in total. The number of hydrogen-bond donors (Lipinski definition) is 2. The van der Waals surface area contributed by atoms with Gasteiger partial charge in [0.05, 0.1) is 11.0 Å². The van der Waals surface area contributed by atoms with Crippen LogP contribution in [0.2, 0.25) is 0 Å². The van der Waals surface area contributed by atoms with Crippen LogP contribution in [0.5, 0.6) is 0 Å². The van der Waals surface area contributed by atoms with Crippen molar-refractivity contribution in [3.05, 3.63) is 42.2 Å². The van der Waals surface area contributed by atoms with Gasteiger partial charge < -0.3 is 14.0 Å². The average molecular weight is 433 g/mol. The molecule has 0 radical (unpaired) electrons. The molecular formula is C20H28N6O3S. The predicted octanol–water partition coefficient (Wildman–Crippen LogP) is 1.88. The lowest BCUT2D eigenvalue weighted by molar-refractivity contribution is 0.101. The summed E-state index contributed by atoms with van der Waals surface area (Å²) in [6.07, 6.45) is 1.41. The Hall–Kier alpha value is -2.69. The Morgan fingerprint density at radius 2 is 1.90 bits per heavy atom. The Labute approximate surface area is 176 Å². The largest absolute Gasteiger partial charge is 0.345 e. The van der Waals surface area contributed by atoms with Crippen molar-refractivity contribution in [2.45, 2.75) is 25.3 Å². The molecule has 1 amide bonds. The molecule has 30 heavy (non-hydrogen) atoms. The standard InChI is InChI=1S/C20H28N6O3S/c1-5-25(6-2)11-12-26-17-10-8-7-9-16(17)22-20(26)23-19(27)18-13-15(14-24(18)4)30(28,29)21-3/h7-10,13-14,21H,5-6,11-12H2,1-4H3,(H,22,23,27). The van der Waals surface area contributed by atoms with Gasteiger partial charge in [0, 0.05) is 26.3 Å². The minimum atomic E-state index is -3.64. The van der Waals surface area contributed by atoms with Crippen LogP contribution in [0.4, 0.5) is 5.95 Å². The summed E-state index contributed by atoms with van der Waals surface area (Å²) in [5.74, 6) is 0.0158. The number of nitrogens with zero attached hydrogens (tertiary/aromatic N) is 4. The van der Waals surface area contributed by atoms with E-state index in [1.54, 1.807) is 7.05 Å². The molecule has 3 rings (SSSR count). The smallest absolute Gasteiger partial charge is 0.274 e. The number of carbonyl (C=O) groups is 1. The van der Waals surface area contributed by atoms with Crippen LogP contribution in [0.25, 0.3) is 11.0 Å². The van der Waals surface area contributed by atoms with Crippen molar-refractivity contribution in [3.63, 3.8) is 0 Å². The second-order valence-corrected chi connectivity index (χ2v) is 8.82. The first-order chi connectivity index (χ1) is 14.3. The topological polar surface area (TPSA) is 101 Å². The third-order valence-electron chi connectivity index (χ3n) is 5.21. The van der Waals surface area contributed by atoms with Gasteiger partial charge in [0.15, 0.2) is 0 Å². The molecule has 2 N–H and O–H groups in total. The number of carbonyl (C=O) groups excluding carboxylic acids is 1. The van der Waals surface area contributed by atoms with Gasteiger partial charge in [-0.05, 0) is 38.3 Å². The zero-order valence-corrected chi connectivity index (χ0v) is 18.5. The summed E-state index contributed by atoms with van der Waals surface area (Å²) in [6.45, 7) is 7.61. The number of imidazole rings is 1. The summed E-state index contributed by atoms with van der Waals surface area (Å²) in [6, 6.07) is 9.07. The third-order valence-corrected chi connectivity index (χ3v) is 6.59. The SMILES string of the molecule is CCN(CC)CCn1c(NC(=O)c2cc(S(=O)(=O)NC)cn2C)nc2ccccc21. The van der Waals surface area contributed by atoms with E-state index in [4.69, 9.17) is 0 Å². The number of aromatic nitrogens is 3. The molecule has 0 atom stereocenters. The minimum Gasteiger partial charge on any atom is -0.345 e. The Kier molecular flexibility index (Phi) is 6.59. The van der Waals surface area contributed by atoms with Crippen molar-refractivity contribution in [2.24, 2.45) is 7.05 Å². The van der Waals surface area contributed by atoms with Crippen LogP contribution >= 0.6 is 0 Å². The van der Waals surface area contributed by atoms with Crippen molar-refractivity contribution in [3.8, 4) is 0 Å². The fraction of sp³-hybridized carbons (Fsp3) is 0.400. The van der Waals surface area contributed by atoms with Crippen molar-refractivity contribution >= 4 is 32.9 Å². The maximum Gasteiger partial charge on any atom is 0.274 e. The predicted molar refractivity (Wildman–Crippen MR) is 117 cm³/mol. The highest BCUT2D eigenvalue weighted by Crippen LogP contribution is 2.21. The Morgan fingerprint density at radius 3 is 2.57 bits per heavy atom. The van der Waals surface area contributed by atoms with Gasteiger partial charge in [0.2, 0.25) is 16.0 Å². The summed E-state index contributed by atoms with van der Waals surface area (Å²) in [4.78, 5) is 19.8. The number of likely N-dealkylation sites (N-methyl/N-ethyl adjacent to an activating group) is 1. The van der Waals surface area contributed by atoms with Crippen LogP contribution < -0.4 is 10.0 Å². The van der Waals surface area contributed by atoms with E-state index in [1.165, 1.54) is 23.9 Å². The molecule has 2 aromatic heterocycles. The lowest BCUT2D eigenvalue weighted by Crippen LogP contribution is -2.28. The molecule has 0 fully saturated rings. The van der Waals surface area contributed by atoms with Gasteiger partial charge in [-0.1, -0.05) is 26.0 Å². The third kappa shape index (κ3) is 4.40. The number of amides is 1.